The topological polar surface area (TPSA) is 61.2 Å². The first-order valence-corrected chi connectivity index (χ1v) is 9.90. The number of hydrogen-bond donors (Lipinski definition) is 1. The average Bonchev–Trinajstić information content (AvgIpc) is 3.38. The number of primary amides is 1. The minimum atomic E-state index is -0.435. The number of carbonyl (C=O) groups excluding carboxylic acids is 1. The molecule has 1 amide bonds. The minimum Gasteiger partial charge on any atom is -0.464 e. The molecule has 4 nitrogen and oxygen atoms in total. The summed E-state index contributed by atoms with van der Waals surface area (Å²) in [7, 11) is 0. The lowest BCUT2D eigenvalue weighted by molar-refractivity contribution is 0.100. The van der Waals surface area contributed by atoms with Gasteiger partial charge in [-0.2, -0.15) is 0 Å². The van der Waals surface area contributed by atoms with Crippen molar-refractivity contribution in [2.24, 2.45) is 5.73 Å². The predicted molar refractivity (Wildman–Crippen MR) is 120 cm³/mol. The third-order valence-corrected chi connectivity index (χ3v) is 5.91. The van der Waals surface area contributed by atoms with E-state index in [1.54, 1.807) is 12.3 Å². The molecular weight excluding hydrogens is 372 g/mol. The van der Waals surface area contributed by atoms with Crippen LogP contribution in [-0.4, -0.2) is 10.5 Å². The third-order valence-electron chi connectivity index (χ3n) is 5.91. The maximum absolute atomic E-state index is 12.2. The molecule has 5 rings (SSSR count). The highest BCUT2D eigenvalue weighted by Gasteiger charge is 2.18. The van der Waals surface area contributed by atoms with Gasteiger partial charge in [0.05, 0.1) is 17.3 Å². The van der Waals surface area contributed by atoms with E-state index in [1.807, 2.05) is 30.3 Å². The summed E-state index contributed by atoms with van der Waals surface area (Å²) in [6, 6.07) is 23.2. The second kappa shape index (κ2) is 6.92. The molecular formula is C26H21N2O2. The van der Waals surface area contributed by atoms with Crippen molar-refractivity contribution in [3.05, 3.63) is 95.2 Å². The van der Waals surface area contributed by atoms with Gasteiger partial charge >= 0.3 is 0 Å². The molecule has 0 saturated heterocycles. The van der Waals surface area contributed by atoms with Gasteiger partial charge in [0.15, 0.2) is 0 Å². The number of aryl methyl sites for hydroxylation is 1. The van der Waals surface area contributed by atoms with Gasteiger partial charge in [-0.15, -0.1) is 0 Å². The first-order chi connectivity index (χ1) is 14.5. The van der Waals surface area contributed by atoms with Gasteiger partial charge in [-0.3, -0.25) is 4.79 Å². The molecule has 5 aromatic rings. The molecule has 4 heteroatoms. The van der Waals surface area contributed by atoms with Crippen LogP contribution in [0.5, 0.6) is 0 Å². The fourth-order valence-corrected chi connectivity index (χ4v) is 4.17. The van der Waals surface area contributed by atoms with Gasteiger partial charge < -0.3 is 14.7 Å². The van der Waals surface area contributed by atoms with Crippen molar-refractivity contribution in [2.45, 2.75) is 20.4 Å². The van der Waals surface area contributed by atoms with Crippen LogP contribution < -0.4 is 5.73 Å². The molecule has 2 N–H and O–H groups in total. The van der Waals surface area contributed by atoms with Gasteiger partial charge in [0, 0.05) is 28.4 Å². The molecule has 0 aliphatic carbocycles. The first-order valence-electron chi connectivity index (χ1n) is 9.90. The number of carbonyl (C=O) groups is 1. The van der Waals surface area contributed by atoms with Crippen molar-refractivity contribution in [1.82, 2.24) is 4.57 Å². The smallest absolute Gasteiger partial charge is 0.249 e. The van der Waals surface area contributed by atoms with Gasteiger partial charge in [-0.1, -0.05) is 24.3 Å². The number of nitrogens with zero attached hydrogens (tertiary/aromatic N) is 1. The Labute approximate surface area is 174 Å². The van der Waals surface area contributed by atoms with Crippen molar-refractivity contribution in [1.29, 1.82) is 0 Å². The molecule has 0 saturated carbocycles. The number of nitrogens with two attached hydrogens (primary N) is 1. The zero-order valence-electron chi connectivity index (χ0n) is 16.9. The summed E-state index contributed by atoms with van der Waals surface area (Å²) < 4.78 is 7.83. The fourth-order valence-electron chi connectivity index (χ4n) is 4.17. The molecule has 0 spiro atoms. The molecule has 147 valence electrons. The van der Waals surface area contributed by atoms with Gasteiger partial charge in [0.2, 0.25) is 5.91 Å². The van der Waals surface area contributed by atoms with Crippen LogP contribution in [-0.2, 0) is 6.54 Å². The molecule has 0 unspecified atom stereocenters. The predicted octanol–water partition coefficient (Wildman–Crippen LogP) is 5.62. The Morgan fingerprint density at radius 3 is 2.67 bits per heavy atom. The Morgan fingerprint density at radius 2 is 1.90 bits per heavy atom. The zero-order chi connectivity index (χ0) is 20.8. The Kier molecular flexibility index (Phi) is 4.21. The normalized spacial score (nSPS) is 11.4. The van der Waals surface area contributed by atoms with Crippen LogP contribution in [0.25, 0.3) is 33.1 Å². The van der Waals surface area contributed by atoms with Crippen LogP contribution in [0.15, 0.2) is 71.3 Å². The molecule has 3 aromatic carbocycles. The van der Waals surface area contributed by atoms with Crippen LogP contribution in [0.1, 0.15) is 27.0 Å². The summed E-state index contributed by atoms with van der Waals surface area (Å²) in [6.07, 6.45) is 1.66. The second-order valence-corrected chi connectivity index (χ2v) is 7.64. The summed E-state index contributed by atoms with van der Waals surface area (Å²) in [5.41, 5.74) is 12.9. The number of fused-ring (bicyclic) bond motifs is 3. The van der Waals surface area contributed by atoms with Gasteiger partial charge in [0.25, 0.3) is 0 Å². The van der Waals surface area contributed by atoms with Crippen molar-refractivity contribution in [3.8, 4) is 11.3 Å². The van der Waals surface area contributed by atoms with Crippen LogP contribution >= 0.6 is 0 Å². The van der Waals surface area contributed by atoms with Crippen LogP contribution in [0.2, 0.25) is 0 Å². The molecule has 30 heavy (non-hydrogen) atoms. The SMILES string of the molecule is Cc1cccc(Cn2c3cc(-c4ccco4)c[c]c3c3c(C(N)=O)cccc32)c1C. The third kappa shape index (κ3) is 2.80. The highest BCUT2D eigenvalue weighted by molar-refractivity contribution is 6.18. The number of aromatic nitrogens is 1. The molecule has 1 radical (unpaired) electrons. The standard InChI is InChI=1S/C26H21N2O2/c1-16-6-3-7-19(17(16)2)15-28-22-9-4-8-21(26(27)29)25(22)20-12-11-18(14-23(20)28)24-10-5-13-30-24/h3-11,13-14H,15H2,1-2H3,(H2,27,29). The number of benzene rings is 3. The lowest BCUT2D eigenvalue weighted by Gasteiger charge is -2.12. The molecule has 0 fully saturated rings. The largest absolute Gasteiger partial charge is 0.464 e. The van der Waals surface area contributed by atoms with Gasteiger partial charge in [-0.25, -0.2) is 0 Å². The summed E-state index contributed by atoms with van der Waals surface area (Å²) in [6.45, 7) is 4.96. The number of amides is 1. The molecule has 2 heterocycles. The van der Waals surface area contributed by atoms with E-state index in [0.29, 0.717) is 12.1 Å². The Bertz CT molecular complexity index is 1410. The zero-order valence-corrected chi connectivity index (χ0v) is 16.9. The monoisotopic (exact) mass is 393 g/mol. The average molecular weight is 393 g/mol. The summed E-state index contributed by atoms with van der Waals surface area (Å²) in [5.74, 6) is 0.349. The van der Waals surface area contributed by atoms with Crippen LogP contribution in [0, 0.1) is 19.9 Å². The van der Waals surface area contributed by atoms with Gasteiger partial charge in [0.1, 0.15) is 5.76 Å². The maximum Gasteiger partial charge on any atom is 0.249 e. The lowest BCUT2D eigenvalue weighted by Crippen LogP contribution is -2.11. The van der Waals surface area contributed by atoms with Crippen molar-refractivity contribution in [2.75, 3.05) is 0 Å². The van der Waals surface area contributed by atoms with E-state index >= 15 is 0 Å². The van der Waals surface area contributed by atoms with E-state index < -0.39 is 5.91 Å². The van der Waals surface area contributed by atoms with Crippen molar-refractivity contribution in [3.63, 3.8) is 0 Å². The van der Waals surface area contributed by atoms with Crippen LogP contribution in [0.3, 0.4) is 0 Å². The van der Waals surface area contributed by atoms with E-state index in [4.69, 9.17) is 10.2 Å². The molecule has 0 atom stereocenters. The molecule has 0 bridgehead atoms. The summed E-state index contributed by atoms with van der Waals surface area (Å²) in [4.78, 5) is 12.2. The number of rotatable bonds is 4. The van der Waals surface area contributed by atoms with E-state index in [2.05, 4.69) is 48.7 Å². The molecule has 0 aliphatic heterocycles. The first kappa shape index (κ1) is 18.3. The van der Waals surface area contributed by atoms with Crippen molar-refractivity contribution >= 4 is 27.7 Å². The minimum absolute atomic E-state index is 0.435. The molecule has 0 aliphatic rings. The Balaban J connectivity index is 1.83. The van der Waals surface area contributed by atoms with Crippen LogP contribution in [0.4, 0.5) is 0 Å². The number of hydrogen-bond acceptors (Lipinski definition) is 2. The summed E-state index contributed by atoms with van der Waals surface area (Å²) in [5, 5.41) is 1.73. The highest BCUT2D eigenvalue weighted by atomic mass is 16.3. The van der Waals surface area contributed by atoms with E-state index in [0.717, 1.165) is 33.1 Å². The van der Waals surface area contributed by atoms with Crippen molar-refractivity contribution < 1.29 is 9.21 Å². The fraction of sp³-hybridized carbons (Fsp3) is 0.115. The quantitative estimate of drug-likeness (QED) is 0.431. The lowest BCUT2D eigenvalue weighted by atomic mass is 10.0. The number of furan rings is 1. The second-order valence-electron chi connectivity index (χ2n) is 7.64. The van der Waals surface area contributed by atoms with E-state index in [1.165, 1.54) is 16.7 Å². The maximum atomic E-state index is 12.2. The Hall–Kier alpha value is -3.79. The van der Waals surface area contributed by atoms with E-state index in [9.17, 15) is 4.79 Å². The highest BCUT2D eigenvalue weighted by Crippen LogP contribution is 2.35. The van der Waals surface area contributed by atoms with E-state index in [-0.39, 0.29) is 0 Å². The summed E-state index contributed by atoms with van der Waals surface area (Å²) >= 11 is 0. The molecule has 2 aromatic heterocycles. The van der Waals surface area contributed by atoms with Gasteiger partial charge in [-0.05, 0) is 73.0 Å². The Morgan fingerprint density at radius 1 is 1.07 bits per heavy atom.